The van der Waals surface area contributed by atoms with Crippen molar-refractivity contribution >= 4 is 24.3 Å². The lowest BCUT2D eigenvalue weighted by atomic mass is 10.1. The van der Waals surface area contributed by atoms with Crippen molar-refractivity contribution in [2.75, 3.05) is 39.6 Å². The standard InChI is InChI=1S/C16H20N2O6.ClH/c19-15(9-18-5-3-11(8-18)16(20)21)17-4-6-22-12-1-2-13-14(7-12)24-10-23-13;/h1-2,7,11H,3-6,8-10H2,(H,17,19)(H,20,21);1H. The maximum absolute atomic E-state index is 11.8. The molecule has 8 nitrogen and oxygen atoms in total. The van der Waals surface area contributed by atoms with Gasteiger partial charge in [-0.15, -0.1) is 12.4 Å². The largest absolute Gasteiger partial charge is 0.492 e. The minimum atomic E-state index is -0.796. The van der Waals surface area contributed by atoms with Gasteiger partial charge in [0.05, 0.1) is 19.0 Å². The molecule has 3 rings (SSSR count). The smallest absolute Gasteiger partial charge is 0.307 e. The number of hydrogen-bond donors (Lipinski definition) is 2. The number of carbonyl (C=O) groups is 2. The summed E-state index contributed by atoms with van der Waals surface area (Å²) in [5, 5.41) is 11.7. The summed E-state index contributed by atoms with van der Waals surface area (Å²) < 4.78 is 16.0. The molecule has 2 N–H and O–H groups in total. The van der Waals surface area contributed by atoms with Gasteiger partial charge in [0.2, 0.25) is 12.7 Å². The number of aliphatic carboxylic acids is 1. The Labute approximate surface area is 151 Å². The van der Waals surface area contributed by atoms with Crippen LogP contribution in [0, 0.1) is 5.92 Å². The van der Waals surface area contributed by atoms with Gasteiger partial charge in [0.15, 0.2) is 11.5 Å². The van der Waals surface area contributed by atoms with Gasteiger partial charge in [-0.3, -0.25) is 14.5 Å². The molecule has 2 aliphatic rings. The van der Waals surface area contributed by atoms with Crippen molar-refractivity contribution in [3.63, 3.8) is 0 Å². The van der Waals surface area contributed by atoms with Crippen LogP contribution in [-0.4, -0.2) is 61.5 Å². The molecule has 0 bridgehead atoms. The van der Waals surface area contributed by atoms with Crippen molar-refractivity contribution in [1.82, 2.24) is 10.2 Å². The number of carboxylic acid groups (broad SMARTS) is 1. The van der Waals surface area contributed by atoms with E-state index in [2.05, 4.69) is 5.32 Å². The number of benzene rings is 1. The average Bonchev–Trinajstić information content (AvgIpc) is 3.20. The van der Waals surface area contributed by atoms with E-state index in [0.29, 0.717) is 49.9 Å². The summed E-state index contributed by atoms with van der Waals surface area (Å²) in [5.41, 5.74) is 0. The highest BCUT2D eigenvalue weighted by Gasteiger charge is 2.28. The van der Waals surface area contributed by atoms with Crippen LogP contribution in [0.5, 0.6) is 17.2 Å². The van der Waals surface area contributed by atoms with Gasteiger partial charge in [0, 0.05) is 12.6 Å². The third kappa shape index (κ3) is 5.14. The van der Waals surface area contributed by atoms with Gasteiger partial charge in [-0.2, -0.15) is 0 Å². The Morgan fingerprint density at radius 1 is 1.32 bits per heavy atom. The van der Waals surface area contributed by atoms with Crippen LogP contribution in [0.25, 0.3) is 0 Å². The molecule has 1 fully saturated rings. The Morgan fingerprint density at radius 2 is 2.12 bits per heavy atom. The number of rotatable bonds is 7. The summed E-state index contributed by atoms with van der Waals surface area (Å²) >= 11 is 0. The summed E-state index contributed by atoms with van der Waals surface area (Å²) in [4.78, 5) is 24.6. The molecule has 9 heteroatoms. The highest BCUT2D eigenvalue weighted by atomic mass is 35.5. The molecular weight excluding hydrogens is 352 g/mol. The van der Waals surface area contributed by atoms with Gasteiger partial charge in [0.1, 0.15) is 12.4 Å². The second-order valence-corrected chi connectivity index (χ2v) is 5.77. The molecule has 2 aliphatic heterocycles. The molecule has 1 atom stereocenters. The molecule has 0 radical (unpaired) electrons. The molecule has 0 aliphatic carbocycles. The molecule has 1 amide bonds. The zero-order chi connectivity index (χ0) is 16.9. The topological polar surface area (TPSA) is 97.3 Å². The molecule has 0 aromatic heterocycles. The van der Waals surface area contributed by atoms with E-state index in [-0.39, 0.29) is 37.6 Å². The normalized spacial score (nSPS) is 18.5. The van der Waals surface area contributed by atoms with E-state index in [1.54, 1.807) is 18.2 Å². The van der Waals surface area contributed by atoms with Gasteiger partial charge in [-0.25, -0.2) is 0 Å². The van der Waals surface area contributed by atoms with E-state index in [1.807, 2.05) is 4.90 Å². The van der Waals surface area contributed by atoms with Crippen molar-refractivity contribution in [2.24, 2.45) is 5.92 Å². The fraction of sp³-hybridized carbons (Fsp3) is 0.500. The zero-order valence-corrected chi connectivity index (χ0v) is 14.4. The minimum Gasteiger partial charge on any atom is -0.492 e. The third-order valence-corrected chi connectivity index (χ3v) is 4.03. The summed E-state index contributed by atoms with van der Waals surface area (Å²) in [7, 11) is 0. The predicted molar refractivity (Wildman–Crippen MR) is 90.5 cm³/mol. The molecule has 1 aromatic carbocycles. The van der Waals surface area contributed by atoms with Crippen molar-refractivity contribution in [3.05, 3.63) is 18.2 Å². The van der Waals surface area contributed by atoms with Gasteiger partial charge in [0.25, 0.3) is 0 Å². The number of carboxylic acids is 1. The fourth-order valence-corrected chi connectivity index (χ4v) is 2.76. The van der Waals surface area contributed by atoms with Gasteiger partial charge < -0.3 is 24.6 Å². The number of hydrogen-bond acceptors (Lipinski definition) is 6. The van der Waals surface area contributed by atoms with Gasteiger partial charge >= 0.3 is 5.97 Å². The number of carbonyl (C=O) groups excluding carboxylic acids is 1. The second kappa shape index (κ2) is 8.77. The van der Waals surface area contributed by atoms with E-state index in [0.717, 1.165) is 0 Å². The zero-order valence-electron chi connectivity index (χ0n) is 13.6. The molecule has 2 heterocycles. The molecule has 0 spiro atoms. The number of nitrogens with zero attached hydrogens (tertiary/aromatic N) is 1. The van der Waals surface area contributed by atoms with Crippen LogP contribution < -0.4 is 19.5 Å². The lowest BCUT2D eigenvalue weighted by molar-refractivity contribution is -0.141. The van der Waals surface area contributed by atoms with Crippen LogP contribution >= 0.6 is 12.4 Å². The van der Waals surface area contributed by atoms with E-state index in [9.17, 15) is 9.59 Å². The molecular formula is C16H21ClN2O6. The fourth-order valence-electron chi connectivity index (χ4n) is 2.76. The van der Waals surface area contributed by atoms with Crippen LogP contribution in [0.1, 0.15) is 6.42 Å². The first-order valence-electron chi connectivity index (χ1n) is 7.86. The van der Waals surface area contributed by atoms with Crippen molar-refractivity contribution < 1.29 is 28.9 Å². The summed E-state index contributed by atoms with van der Waals surface area (Å²) in [6.07, 6.45) is 0.593. The first kappa shape index (κ1) is 19.1. The lowest BCUT2D eigenvalue weighted by Crippen LogP contribution is -2.38. The second-order valence-electron chi connectivity index (χ2n) is 5.77. The Bertz CT molecular complexity index is 627. The molecule has 1 unspecified atom stereocenters. The SMILES string of the molecule is Cl.O=C(CN1CCC(C(=O)O)C1)NCCOc1ccc2c(c1)OCO2. The van der Waals surface area contributed by atoms with Crippen LogP contribution in [0.3, 0.4) is 0 Å². The average molecular weight is 373 g/mol. The minimum absolute atomic E-state index is 0. The number of ether oxygens (including phenoxy) is 3. The van der Waals surface area contributed by atoms with Crippen LogP contribution in [0.4, 0.5) is 0 Å². The Kier molecular flexibility index (Phi) is 6.72. The Morgan fingerprint density at radius 3 is 2.88 bits per heavy atom. The maximum Gasteiger partial charge on any atom is 0.307 e. The van der Waals surface area contributed by atoms with Gasteiger partial charge in [-0.05, 0) is 25.1 Å². The van der Waals surface area contributed by atoms with Crippen molar-refractivity contribution in [3.8, 4) is 17.2 Å². The van der Waals surface area contributed by atoms with Crippen molar-refractivity contribution in [2.45, 2.75) is 6.42 Å². The summed E-state index contributed by atoms with van der Waals surface area (Å²) in [6.45, 7) is 2.21. The first-order valence-corrected chi connectivity index (χ1v) is 7.86. The number of likely N-dealkylation sites (tertiary alicyclic amines) is 1. The Balaban J connectivity index is 0.00000225. The molecule has 1 aromatic rings. The molecule has 25 heavy (non-hydrogen) atoms. The summed E-state index contributed by atoms with van der Waals surface area (Å²) in [6, 6.07) is 5.31. The monoisotopic (exact) mass is 372 g/mol. The molecule has 1 saturated heterocycles. The lowest BCUT2D eigenvalue weighted by Gasteiger charge is -2.15. The van der Waals surface area contributed by atoms with E-state index in [4.69, 9.17) is 19.3 Å². The number of nitrogens with one attached hydrogen (secondary N) is 1. The molecule has 0 saturated carbocycles. The number of halogens is 1. The number of amides is 1. The quantitative estimate of drug-likeness (QED) is 0.681. The van der Waals surface area contributed by atoms with Gasteiger partial charge in [-0.1, -0.05) is 0 Å². The van der Waals surface area contributed by atoms with Crippen LogP contribution in [-0.2, 0) is 9.59 Å². The first-order chi connectivity index (χ1) is 11.6. The van der Waals surface area contributed by atoms with Crippen LogP contribution in [0.2, 0.25) is 0 Å². The maximum atomic E-state index is 11.8. The van der Waals surface area contributed by atoms with E-state index in [1.165, 1.54) is 0 Å². The van der Waals surface area contributed by atoms with Crippen LogP contribution in [0.15, 0.2) is 18.2 Å². The third-order valence-electron chi connectivity index (χ3n) is 4.03. The molecule has 138 valence electrons. The highest BCUT2D eigenvalue weighted by Crippen LogP contribution is 2.34. The number of fused-ring (bicyclic) bond motifs is 1. The summed E-state index contributed by atoms with van der Waals surface area (Å²) in [5.74, 6) is 0.703. The predicted octanol–water partition coefficient (Wildman–Crippen LogP) is 0.739. The van der Waals surface area contributed by atoms with E-state index < -0.39 is 5.97 Å². The highest BCUT2D eigenvalue weighted by molar-refractivity contribution is 5.85. The van der Waals surface area contributed by atoms with Crippen molar-refractivity contribution in [1.29, 1.82) is 0 Å². The van der Waals surface area contributed by atoms with E-state index >= 15 is 0 Å². The Hall–Kier alpha value is -2.19.